The van der Waals surface area contributed by atoms with Gasteiger partial charge in [-0.1, -0.05) is 0 Å². The summed E-state index contributed by atoms with van der Waals surface area (Å²) in [5, 5.41) is 3.43. The maximum Gasteiger partial charge on any atom is 0.0710 e. The molecule has 15 heavy (non-hydrogen) atoms. The van der Waals surface area contributed by atoms with Crippen LogP contribution in [-0.2, 0) is 4.74 Å². The summed E-state index contributed by atoms with van der Waals surface area (Å²) >= 11 is 0. The molecule has 1 atom stereocenters. The van der Waals surface area contributed by atoms with Crippen LogP contribution in [0.4, 0.5) is 0 Å². The van der Waals surface area contributed by atoms with Crippen LogP contribution < -0.4 is 5.32 Å². The van der Waals surface area contributed by atoms with Crippen LogP contribution in [0.3, 0.4) is 0 Å². The molecule has 3 nitrogen and oxygen atoms in total. The van der Waals surface area contributed by atoms with Crippen LogP contribution in [0, 0.1) is 5.92 Å². The smallest absolute Gasteiger partial charge is 0.0710 e. The molecule has 2 rings (SSSR count). The third kappa shape index (κ3) is 3.44. The fourth-order valence-corrected chi connectivity index (χ4v) is 2.73. The van der Waals surface area contributed by atoms with Gasteiger partial charge < -0.3 is 15.0 Å². The Hall–Kier alpha value is -0.120. The molecule has 0 aromatic carbocycles. The maximum absolute atomic E-state index is 5.38. The summed E-state index contributed by atoms with van der Waals surface area (Å²) in [6.07, 6.45) is 5.86. The molecule has 0 bridgehead atoms. The first-order chi connectivity index (χ1) is 7.38. The molecule has 3 heteroatoms. The van der Waals surface area contributed by atoms with Gasteiger partial charge in [-0.3, -0.25) is 0 Å². The van der Waals surface area contributed by atoms with Gasteiger partial charge in [0.1, 0.15) is 0 Å². The molecule has 0 aromatic rings. The number of likely N-dealkylation sites (tertiary alicyclic amines) is 1. The molecule has 2 aliphatic heterocycles. The van der Waals surface area contributed by atoms with E-state index in [0.717, 1.165) is 12.5 Å². The second kappa shape index (κ2) is 5.83. The molecule has 1 N–H and O–H groups in total. The number of hydrogen-bond donors (Lipinski definition) is 1. The van der Waals surface area contributed by atoms with E-state index in [2.05, 4.69) is 10.2 Å². The predicted octanol–water partition coefficient (Wildman–Crippen LogP) is 1.10. The zero-order valence-corrected chi connectivity index (χ0v) is 9.87. The normalized spacial score (nSPS) is 29.8. The summed E-state index contributed by atoms with van der Waals surface area (Å²) in [6.45, 7) is 6.13. The van der Waals surface area contributed by atoms with Gasteiger partial charge in [-0.15, -0.1) is 0 Å². The van der Waals surface area contributed by atoms with Gasteiger partial charge in [0.15, 0.2) is 0 Å². The van der Waals surface area contributed by atoms with Crippen molar-refractivity contribution in [2.24, 2.45) is 5.92 Å². The average molecular weight is 212 g/mol. The standard InChI is InChI=1S/C12H24N2O/c1-15-12-5-9-14(10-12)8-4-11-2-6-13-7-3-11/h11-13H,2-10H2,1H3. The zero-order chi connectivity index (χ0) is 10.5. The quantitative estimate of drug-likeness (QED) is 0.755. The van der Waals surface area contributed by atoms with E-state index in [1.807, 2.05) is 7.11 Å². The third-order valence-corrected chi connectivity index (χ3v) is 3.87. The van der Waals surface area contributed by atoms with Crippen molar-refractivity contribution in [3.63, 3.8) is 0 Å². The Bertz CT molecular complexity index is 180. The Kier molecular flexibility index (Phi) is 4.42. The van der Waals surface area contributed by atoms with Crippen molar-refractivity contribution < 1.29 is 4.74 Å². The molecule has 2 fully saturated rings. The first kappa shape index (κ1) is 11.4. The summed E-state index contributed by atoms with van der Waals surface area (Å²) in [5.41, 5.74) is 0. The SMILES string of the molecule is COC1CCN(CCC2CCNCC2)C1. The van der Waals surface area contributed by atoms with Crippen molar-refractivity contribution in [1.29, 1.82) is 0 Å². The fraction of sp³-hybridized carbons (Fsp3) is 1.00. The van der Waals surface area contributed by atoms with Gasteiger partial charge in [0.05, 0.1) is 6.10 Å². The van der Waals surface area contributed by atoms with Crippen LogP contribution in [-0.4, -0.2) is 50.8 Å². The largest absolute Gasteiger partial charge is 0.380 e. The molecular weight excluding hydrogens is 188 g/mol. The van der Waals surface area contributed by atoms with E-state index >= 15 is 0 Å². The molecule has 0 aromatic heterocycles. The maximum atomic E-state index is 5.38. The number of hydrogen-bond acceptors (Lipinski definition) is 3. The lowest BCUT2D eigenvalue weighted by molar-refractivity contribution is 0.107. The second-order valence-corrected chi connectivity index (χ2v) is 4.93. The van der Waals surface area contributed by atoms with E-state index < -0.39 is 0 Å². The molecular formula is C12H24N2O. The first-order valence-electron chi connectivity index (χ1n) is 6.34. The summed E-state index contributed by atoms with van der Waals surface area (Å²) in [4.78, 5) is 2.57. The average Bonchev–Trinajstić information content (AvgIpc) is 2.76. The van der Waals surface area contributed by atoms with Gasteiger partial charge >= 0.3 is 0 Å². The highest BCUT2D eigenvalue weighted by molar-refractivity contribution is 4.77. The van der Waals surface area contributed by atoms with Crippen LogP contribution in [0.15, 0.2) is 0 Å². The van der Waals surface area contributed by atoms with Crippen molar-refractivity contribution in [1.82, 2.24) is 10.2 Å². The Morgan fingerprint density at radius 1 is 1.27 bits per heavy atom. The van der Waals surface area contributed by atoms with Gasteiger partial charge in [-0.2, -0.15) is 0 Å². The van der Waals surface area contributed by atoms with Gasteiger partial charge in [-0.25, -0.2) is 0 Å². The number of piperidine rings is 1. The van der Waals surface area contributed by atoms with Gasteiger partial charge in [-0.05, 0) is 51.2 Å². The lowest BCUT2D eigenvalue weighted by atomic mass is 9.94. The minimum absolute atomic E-state index is 0.498. The van der Waals surface area contributed by atoms with Crippen molar-refractivity contribution in [3.05, 3.63) is 0 Å². The molecule has 0 spiro atoms. The number of nitrogens with zero attached hydrogens (tertiary/aromatic N) is 1. The number of rotatable bonds is 4. The van der Waals surface area contributed by atoms with Gasteiger partial charge in [0.2, 0.25) is 0 Å². The number of nitrogens with one attached hydrogen (secondary N) is 1. The van der Waals surface area contributed by atoms with Gasteiger partial charge in [0, 0.05) is 20.2 Å². The van der Waals surface area contributed by atoms with E-state index in [1.54, 1.807) is 0 Å². The Morgan fingerprint density at radius 2 is 2.07 bits per heavy atom. The fourth-order valence-electron chi connectivity index (χ4n) is 2.73. The Balaban J connectivity index is 1.61. The topological polar surface area (TPSA) is 24.5 Å². The van der Waals surface area contributed by atoms with E-state index in [1.165, 1.54) is 51.9 Å². The molecule has 2 heterocycles. The molecule has 0 radical (unpaired) electrons. The van der Waals surface area contributed by atoms with E-state index in [-0.39, 0.29) is 0 Å². The van der Waals surface area contributed by atoms with Crippen molar-refractivity contribution in [2.75, 3.05) is 39.8 Å². The summed E-state index contributed by atoms with van der Waals surface area (Å²) in [6, 6.07) is 0. The minimum atomic E-state index is 0.498. The van der Waals surface area contributed by atoms with Gasteiger partial charge in [0.25, 0.3) is 0 Å². The third-order valence-electron chi connectivity index (χ3n) is 3.87. The monoisotopic (exact) mass is 212 g/mol. The summed E-state index contributed by atoms with van der Waals surface area (Å²) < 4.78 is 5.38. The van der Waals surface area contributed by atoms with E-state index in [0.29, 0.717) is 6.10 Å². The lowest BCUT2D eigenvalue weighted by Crippen LogP contribution is -2.31. The predicted molar refractivity (Wildman–Crippen MR) is 62.1 cm³/mol. The zero-order valence-electron chi connectivity index (χ0n) is 9.87. The highest BCUT2D eigenvalue weighted by Gasteiger charge is 2.22. The molecule has 2 aliphatic rings. The second-order valence-electron chi connectivity index (χ2n) is 4.93. The molecule has 1 unspecified atom stereocenters. The van der Waals surface area contributed by atoms with Crippen LogP contribution in [0.2, 0.25) is 0 Å². The summed E-state index contributed by atoms with van der Waals surface area (Å²) in [7, 11) is 1.83. The molecule has 88 valence electrons. The molecule has 0 amide bonds. The van der Waals surface area contributed by atoms with Crippen LogP contribution in [0.5, 0.6) is 0 Å². The Morgan fingerprint density at radius 3 is 2.73 bits per heavy atom. The van der Waals surface area contributed by atoms with Crippen molar-refractivity contribution in [3.8, 4) is 0 Å². The number of ether oxygens (including phenoxy) is 1. The molecule has 0 saturated carbocycles. The Labute approximate surface area is 93.2 Å². The minimum Gasteiger partial charge on any atom is -0.380 e. The van der Waals surface area contributed by atoms with E-state index in [9.17, 15) is 0 Å². The first-order valence-corrected chi connectivity index (χ1v) is 6.34. The van der Waals surface area contributed by atoms with Crippen LogP contribution in [0.25, 0.3) is 0 Å². The highest BCUT2D eigenvalue weighted by atomic mass is 16.5. The lowest BCUT2D eigenvalue weighted by Gasteiger charge is -2.25. The molecule has 2 saturated heterocycles. The number of methoxy groups -OCH3 is 1. The van der Waals surface area contributed by atoms with Crippen LogP contribution >= 0.6 is 0 Å². The van der Waals surface area contributed by atoms with Crippen LogP contribution in [0.1, 0.15) is 25.7 Å². The van der Waals surface area contributed by atoms with Crippen molar-refractivity contribution in [2.45, 2.75) is 31.8 Å². The molecule has 0 aliphatic carbocycles. The van der Waals surface area contributed by atoms with Crippen molar-refractivity contribution >= 4 is 0 Å². The summed E-state index contributed by atoms with van der Waals surface area (Å²) in [5.74, 6) is 0.966. The van der Waals surface area contributed by atoms with E-state index in [4.69, 9.17) is 4.74 Å². The highest BCUT2D eigenvalue weighted by Crippen LogP contribution is 2.18.